The van der Waals surface area contributed by atoms with Crippen LogP contribution in [0.1, 0.15) is 34.0 Å². The Bertz CT molecular complexity index is 808. The molecule has 1 N–H and O–H groups in total. The van der Waals surface area contributed by atoms with Crippen molar-refractivity contribution in [2.75, 3.05) is 19.7 Å². The smallest absolute Gasteiger partial charge is 0.335 e. The lowest BCUT2D eigenvalue weighted by atomic mass is 10.0. The molecule has 3 rings (SSSR count). The van der Waals surface area contributed by atoms with E-state index in [-0.39, 0.29) is 23.7 Å². The van der Waals surface area contributed by atoms with E-state index in [0.717, 1.165) is 0 Å². The van der Waals surface area contributed by atoms with Gasteiger partial charge in [0.05, 0.1) is 18.7 Å². The molecule has 5 nitrogen and oxygen atoms in total. The number of halogens is 1. The van der Waals surface area contributed by atoms with Crippen LogP contribution < -0.4 is 0 Å². The number of carbonyl (C=O) groups excluding carboxylic acids is 1. The Morgan fingerprint density at radius 1 is 1.15 bits per heavy atom. The molecule has 1 atom stereocenters. The van der Waals surface area contributed by atoms with Gasteiger partial charge in [-0.25, -0.2) is 9.18 Å². The third-order valence-corrected chi connectivity index (χ3v) is 4.53. The van der Waals surface area contributed by atoms with E-state index in [2.05, 4.69) is 0 Å². The first-order chi connectivity index (χ1) is 12.6. The summed E-state index contributed by atoms with van der Waals surface area (Å²) in [5.41, 5.74) is 1.29. The minimum absolute atomic E-state index is 0.0881. The topological polar surface area (TPSA) is 66.8 Å². The molecule has 1 aliphatic rings. The average Bonchev–Trinajstić information content (AvgIpc) is 2.66. The van der Waals surface area contributed by atoms with Gasteiger partial charge in [0.25, 0.3) is 0 Å². The number of aryl methyl sites for hydroxylation is 1. The number of amides is 1. The van der Waals surface area contributed by atoms with Gasteiger partial charge in [-0.05, 0) is 24.1 Å². The van der Waals surface area contributed by atoms with E-state index in [1.54, 1.807) is 41.3 Å². The van der Waals surface area contributed by atoms with Crippen molar-refractivity contribution in [2.45, 2.75) is 18.9 Å². The lowest BCUT2D eigenvalue weighted by Gasteiger charge is -2.33. The van der Waals surface area contributed by atoms with Gasteiger partial charge in [-0.2, -0.15) is 0 Å². The monoisotopic (exact) mass is 357 g/mol. The molecular weight excluding hydrogens is 337 g/mol. The number of hydrogen-bond acceptors (Lipinski definition) is 3. The zero-order chi connectivity index (χ0) is 18.5. The standard InChI is InChI=1S/C20H20FNO4/c21-17-8-4-3-7-16(17)18-13-22(11-12-26-18)19(23)10-9-14-5-1-2-6-15(14)20(24)25/h1-8,18H,9-13H2,(H,24,25). The summed E-state index contributed by atoms with van der Waals surface area (Å²) in [4.78, 5) is 25.5. The second kappa shape index (κ2) is 8.10. The Morgan fingerprint density at radius 2 is 1.88 bits per heavy atom. The maximum Gasteiger partial charge on any atom is 0.335 e. The zero-order valence-corrected chi connectivity index (χ0v) is 14.2. The van der Waals surface area contributed by atoms with E-state index >= 15 is 0 Å². The van der Waals surface area contributed by atoms with Crippen molar-refractivity contribution in [3.05, 3.63) is 71.0 Å². The Balaban J connectivity index is 1.63. The first-order valence-corrected chi connectivity index (χ1v) is 8.51. The second-order valence-electron chi connectivity index (χ2n) is 6.18. The molecule has 0 aromatic heterocycles. The molecule has 1 amide bonds. The zero-order valence-electron chi connectivity index (χ0n) is 14.2. The van der Waals surface area contributed by atoms with Gasteiger partial charge in [-0.1, -0.05) is 36.4 Å². The first-order valence-electron chi connectivity index (χ1n) is 8.51. The normalized spacial score (nSPS) is 17.1. The number of nitrogens with zero attached hydrogens (tertiary/aromatic N) is 1. The molecule has 1 saturated heterocycles. The molecule has 0 aliphatic carbocycles. The van der Waals surface area contributed by atoms with Crippen LogP contribution in [0.2, 0.25) is 0 Å². The fraction of sp³-hybridized carbons (Fsp3) is 0.300. The van der Waals surface area contributed by atoms with Crippen molar-refractivity contribution in [3.8, 4) is 0 Å². The highest BCUT2D eigenvalue weighted by Crippen LogP contribution is 2.25. The van der Waals surface area contributed by atoms with Crippen LogP contribution in [0, 0.1) is 5.82 Å². The average molecular weight is 357 g/mol. The van der Waals surface area contributed by atoms with Gasteiger partial charge >= 0.3 is 5.97 Å². The van der Waals surface area contributed by atoms with Crippen molar-refractivity contribution >= 4 is 11.9 Å². The van der Waals surface area contributed by atoms with Gasteiger partial charge in [0, 0.05) is 18.5 Å². The summed E-state index contributed by atoms with van der Waals surface area (Å²) in [6, 6.07) is 13.1. The summed E-state index contributed by atoms with van der Waals surface area (Å²) in [5.74, 6) is -1.43. The Hall–Kier alpha value is -2.73. The van der Waals surface area contributed by atoms with Crippen LogP contribution >= 0.6 is 0 Å². The van der Waals surface area contributed by atoms with E-state index in [1.165, 1.54) is 12.1 Å². The van der Waals surface area contributed by atoms with Gasteiger partial charge in [0.15, 0.2) is 0 Å². The molecule has 1 aliphatic heterocycles. The number of carboxylic acid groups (broad SMARTS) is 1. The molecule has 2 aromatic rings. The molecule has 0 saturated carbocycles. The van der Waals surface area contributed by atoms with Gasteiger partial charge in [0.1, 0.15) is 11.9 Å². The molecule has 2 aromatic carbocycles. The summed E-state index contributed by atoms with van der Waals surface area (Å²) in [5, 5.41) is 9.22. The summed E-state index contributed by atoms with van der Waals surface area (Å²) >= 11 is 0. The highest BCUT2D eigenvalue weighted by molar-refractivity contribution is 5.89. The number of benzene rings is 2. The highest BCUT2D eigenvalue weighted by atomic mass is 19.1. The molecule has 0 bridgehead atoms. The van der Waals surface area contributed by atoms with E-state index in [1.807, 2.05) is 0 Å². The Kier molecular flexibility index (Phi) is 5.63. The predicted molar refractivity (Wildman–Crippen MR) is 93.4 cm³/mol. The van der Waals surface area contributed by atoms with Crippen LogP contribution in [0.3, 0.4) is 0 Å². The quantitative estimate of drug-likeness (QED) is 0.893. The van der Waals surface area contributed by atoms with Crippen LogP contribution in [0.15, 0.2) is 48.5 Å². The van der Waals surface area contributed by atoms with Crippen molar-refractivity contribution in [2.24, 2.45) is 0 Å². The fourth-order valence-corrected chi connectivity index (χ4v) is 3.15. The predicted octanol–water partition coefficient (Wildman–Crippen LogP) is 3.06. The molecule has 1 unspecified atom stereocenters. The van der Waals surface area contributed by atoms with E-state index < -0.39 is 12.1 Å². The SMILES string of the molecule is O=C(O)c1ccccc1CCC(=O)N1CCOC(c2ccccc2F)C1. The largest absolute Gasteiger partial charge is 0.478 e. The van der Waals surface area contributed by atoms with Crippen molar-refractivity contribution in [3.63, 3.8) is 0 Å². The van der Waals surface area contributed by atoms with Gasteiger partial charge in [-0.15, -0.1) is 0 Å². The van der Waals surface area contributed by atoms with Gasteiger partial charge in [0.2, 0.25) is 5.91 Å². The molecule has 0 spiro atoms. The number of hydrogen-bond donors (Lipinski definition) is 1. The lowest BCUT2D eigenvalue weighted by Crippen LogP contribution is -2.42. The maximum atomic E-state index is 14.0. The number of carboxylic acids is 1. The number of aromatic carboxylic acids is 1. The number of carbonyl (C=O) groups is 2. The first kappa shape index (κ1) is 18.1. The number of rotatable bonds is 5. The van der Waals surface area contributed by atoms with Crippen LogP contribution in [-0.2, 0) is 16.0 Å². The van der Waals surface area contributed by atoms with Crippen LogP contribution in [0.5, 0.6) is 0 Å². The summed E-state index contributed by atoms with van der Waals surface area (Å²) in [6.07, 6.45) is 0.0670. The van der Waals surface area contributed by atoms with E-state index in [0.29, 0.717) is 37.2 Å². The molecule has 6 heteroatoms. The van der Waals surface area contributed by atoms with E-state index in [4.69, 9.17) is 4.74 Å². The van der Waals surface area contributed by atoms with Crippen LogP contribution in [0.4, 0.5) is 4.39 Å². The molecule has 26 heavy (non-hydrogen) atoms. The second-order valence-corrected chi connectivity index (χ2v) is 6.18. The highest BCUT2D eigenvalue weighted by Gasteiger charge is 2.27. The Morgan fingerprint density at radius 3 is 2.65 bits per heavy atom. The molecular formula is C20H20FNO4. The van der Waals surface area contributed by atoms with E-state index in [9.17, 15) is 19.1 Å². The summed E-state index contributed by atoms with van der Waals surface area (Å²) in [6.45, 7) is 1.08. The third kappa shape index (κ3) is 4.08. The van der Waals surface area contributed by atoms with Crippen LogP contribution in [0.25, 0.3) is 0 Å². The number of morpholine rings is 1. The molecule has 136 valence electrons. The fourth-order valence-electron chi connectivity index (χ4n) is 3.15. The van der Waals surface area contributed by atoms with Gasteiger partial charge in [-0.3, -0.25) is 4.79 Å². The van der Waals surface area contributed by atoms with Crippen LogP contribution in [-0.4, -0.2) is 41.6 Å². The van der Waals surface area contributed by atoms with Crippen molar-refractivity contribution < 1.29 is 23.8 Å². The molecule has 1 fully saturated rings. The maximum absolute atomic E-state index is 14.0. The third-order valence-electron chi connectivity index (χ3n) is 4.53. The Labute approximate surface area is 151 Å². The van der Waals surface area contributed by atoms with Crippen molar-refractivity contribution in [1.82, 2.24) is 4.90 Å². The van der Waals surface area contributed by atoms with Crippen molar-refractivity contribution in [1.29, 1.82) is 0 Å². The van der Waals surface area contributed by atoms with Gasteiger partial charge < -0.3 is 14.7 Å². The summed E-state index contributed by atoms with van der Waals surface area (Å²) < 4.78 is 19.6. The minimum Gasteiger partial charge on any atom is -0.478 e. The number of ether oxygens (including phenoxy) is 1. The molecule has 1 heterocycles. The summed E-state index contributed by atoms with van der Waals surface area (Å²) in [7, 11) is 0. The minimum atomic E-state index is -1.00. The molecule has 0 radical (unpaired) electrons. The lowest BCUT2D eigenvalue weighted by molar-refractivity contribution is -0.139.